The normalized spacial score (nSPS) is 21.5. The van der Waals surface area contributed by atoms with E-state index in [1.165, 1.54) is 11.9 Å². The quantitative estimate of drug-likeness (QED) is 0.468. The SMILES string of the molecule is CCNC(=NCCCn1cnc2ccccc21)N1CCC(N2CCOCC2)C1. The number of aliphatic imine (C=N–C) groups is 1. The first-order valence-electron chi connectivity index (χ1n) is 10.6. The van der Waals surface area contributed by atoms with E-state index < -0.39 is 0 Å². The van der Waals surface area contributed by atoms with Gasteiger partial charge in [-0.15, -0.1) is 0 Å². The number of morpholine rings is 1. The van der Waals surface area contributed by atoms with Gasteiger partial charge in [-0.25, -0.2) is 4.98 Å². The summed E-state index contributed by atoms with van der Waals surface area (Å²) >= 11 is 0. The van der Waals surface area contributed by atoms with Crippen molar-refractivity contribution in [2.24, 2.45) is 4.99 Å². The van der Waals surface area contributed by atoms with Crippen molar-refractivity contribution in [3.05, 3.63) is 30.6 Å². The number of nitrogens with zero attached hydrogens (tertiary/aromatic N) is 5. The van der Waals surface area contributed by atoms with Gasteiger partial charge in [0, 0.05) is 51.9 Å². The van der Waals surface area contributed by atoms with Gasteiger partial charge in [0.2, 0.25) is 0 Å². The molecule has 0 radical (unpaired) electrons. The topological polar surface area (TPSA) is 57.9 Å². The Morgan fingerprint density at radius 3 is 2.96 bits per heavy atom. The van der Waals surface area contributed by atoms with Gasteiger partial charge >= 0.3 is 0 Å². The molecule has 0 bridgehead atoms. The molecule has 2 aliphatic rings. The van der Waals surface area contributed by atoms with E-state index in [9.17, 15) is 0 Å². The average Bonchev–Trinajstić information content (AvgIpc) is 3.39. The standard InChI is InChI=1S/C21H32N6O/c1-2-22-21(26-11-8-18(16-26)25-12-14-28-15-13-25)23-9-5-10-27-17-24-19-6-3-4-7-20(19)27/h3-4,6-7,17-18H,2,5,8-16H2,1H3,(H,22,23). The highest BCUT2D eigenvalue weighted by Crippen LogP contribution is 2.17. The van der Waals surface area contributed by atoms with Gasteiger partial charge in [0.1, 0.15) is 0 Å². The Kier molecular flexibility index (Phi) is 6.44. The second kappa shape index (κ2) is 9.39. The molecule has 2 saturated heterocycles. The summed E-state index contributed by atoms with van der Waals surface area (Å²) in [5.74, 6) is 1.06. The number of fused-ring (bicyclic) bond motifs is 1. The Balaban J connectivity index is 1.30. The molecule has 2 aromatic rings. The first-order chi connectivity index (χ1) is 13.8. The Morgan fingerprint density at radius 2 is 2.11 bits per heavy atom. The van der Waals surface area contributed by atoms with Crippen LogP contribution >= 0.6 is 0 Å². The number of aryl methyl sites for hydroxylation is 1. The fourth-order valence-electron chi connectivity index (χ4n) is 4.22. The molecule has 152 valence electrons. The summed E-state index contributed by atoms with van der Waals surface area (Å²) in [4.78, 5) is 14.4. The Labute approximate surface area is 167 Å². The van der Waals surface area contributed by atoms with Crippen LogP contribution in [0.1, 0.15) is 19.8 Å². The lowest BCUT2D eigenvalue weighted by Crippen LogP contribution is -2.46. The number of ether oxygens (including phenoxy) is 1. The number of benzene rings is 1. The van der Waals surface area contributed by atoms with Crippen LogP contribution in [-0.2, 0) is 11.3 Å². The summed E-state index contributed by atoms with van der Waals surface area (Å²) in [6.07, 6.45) is 4.16. The summed E-state index contributed by atoms with van der Waals surface area (Å²) in [5, 5.41) is 3.48. The lowest BCUT2D eigenvalue weighted by atomic mass is 10.2. The molecule has 2 aliphatic heterocycles. The van der Waals surface area contributed by atoms with E-state index in [0.717, 1.165) is 76.9 Å². The molecule has 7 nitrogen and oxygen atoms in total. The zero-order valence-electron chi connectivity index (χ0n) is 16.9. The predicted molar refractivity (Wildman–Crippen MR) is 113 cm³/mol. The third-order valence-electron chi connectivity index (χ3n) is 5.71. The Morgan fingerprint density at radius 1 is 1.25 bits per heavy atom. The summed E-state index contributed by atoms with van der Waals surface area (Å²) in [5.41, 5.74) is 2.26. The zero-order valence-corrected chi connectivity index (χ0v) is 16.9. The average molecular weight is 385 g/mol. The molecule has 0 aliphatic carbocycles. The van der Waals surface area contributed by atoms with E-state index in [0.29, 0.717) is 6.04 Å². The van der Waals surface area contributed by atoms with Gasteiger partial charge in [0.15, 0.2) is 5.96 Å². The second-order valence-electron chi connectivity index (χ2n) is 7.55. The maximum absolute atomic E-state index is 5.50. The number of nitrogens with one attached hydrogen (secondary N) is 1. The lowest BCUT2D eigenvalue weighted by molar-refractivity contribution is 0.0195. The number of rotatable bonds is 6. The van der Waals surface area contributed by atoms with E-state index >= 15 is 0 Å². The Bertz CT molecular complexity index is 782. The van der Waals surface area contributed by atoms with Crippen molar-refractivity contribution < 1.29 is 4.74 Å². The second-order valence-corrected chi connectivity index (χ2v) is 7.55. The number of para-hydroxylation sites is 2. The van der Waals surface area contributed by atoms with Crippen LogP contribution in [-0.4, -0.2) is 83.8 Å². The van der Waals surface area contributed by atoms with Crippen molar-refractivity contribution in [2.45, 2.75) is 32.4 Å². The highest BCUT2D eigenvalue weighted by atomic mass is 16.5. The van der Waals surface area contributed by atoms with E-state index in [2.05, 4.69) is 49.8 Å². The van der Waals surface area contributed by atoms with Gasteiger partial charge in [0.25, 0.3) is 0 Å². The monoisotopic (exact) mass is 384 g/mol. The van der Waals surface area contributed by atoms with E-state index in [4.69, 9.17) is 9.73 Å². The van der Waals surface area contributed by atoms with Crippen molar-refractivity contribution >= 4 is 17.0 Å². The molecule has 3 heterocycles. The lowest BCUT2D eigenvalue weighted by Gasteiger charge is -2.32. The molecule has 1 aromatic carbocycles. The maximum Gasteiger partial charge on any atom is 0.193 e. The van der Waals surface area contributed by atoms with Crippen LogP contribution in [0.4, 0.5) is 0 Å². The molecule has 0 spiro atoms. The van der Waals surface area contributed by atoms with E-state index in [1.54, 1.807) is 0 Å². The number of hydrogen-bond acceptors (Lipinski definition) is 4. The molecular weight excluding hydrogens is 352 g/mol. The summed E-state index contributed by atoms with van der Waals surface area (Å²) in [6, 6.07) is 8.93. The minimum atomic E-state index is 0.630. The first kappa shape index (κ1) is 19.2. The van der Waals surface area contributed by atoms with Crippen molar-refractivity contribution in [3.63, 3.8) is 0 Å². The number of hydrogen-bond donors (Lipinski definition) is 1. The molecule has 28 heavy (non-hydrogen) atoms. The Hall–Kier alpha value is -2.12. The van der Waals surface area contributed by atoms with Crippen LogP contribution in [0.25, 0.3) is 11.0 Å². The molecule has 2 fully saturated rings. The van der Waals surface area contributed by atoms with Gasteiger partial charge in [-0.1, -0.05) is 12.1 Å². The smallest absolute Gasteiger partial charge is 0.193 e. The molecule has 1 aromatic heterocycles. The summed E-state index contributed by atoms with van der Waals surface area (Å²) in [6.45, 7) is 10.8. The minimum absolute atomic E-state index is 0.630. The van der Waals surface area contributed by atoms with Crippen LogP contribution in [0.3, 0.4) is 0 Å². The van der Waals surface area contributed by atoms with Crippen molar-refractivity contribution in [3.8, 4) is 0 Å². The molecule has 7 heteroatoms. The van der Waals surface area contributed by atoms with Gasteiger partial charge < -0.3 is 19.5 Å². The van der Waals surface area contributed by atoms with Crippen LogP contribution in [0.15, 0.2) is 35.6 Å². The molecule has 0 amide bonds. The number of guanidine groups is 1. The first-order valence-corrected chi connectivity index (χ1v) is 10.6. The van der Waals surface area contributed by atoms with Crippen molar-refractivity contribution in [2.75, 3.05) is 52.5 Å². The largest absolute Gasteiger partial charge is 0.379 e. The molecule has 4 rings (SSSR count). The van der Waals surface area contributed by atoms with E-state index in [-0.39, 0.29) is 0 Å². The molecule has 0 saturated carbocycles. The van der Waals surface area contributed by atoms with Crippen LogP contribution in [0.5, 0.6) is 0 Å². The molecule has 1 N–H and O–H groups in total. The fourth-order valence-corrected chi connectivity index (χ4v) is 4.22. The van der Waals surface area contributed by atoms with Crippen LogP contribution in [0, 0.1) is 0 Å². The number of aromatic nitrogens is 2. The zero-order chi connectivity index (χ0) is 19.2. The van der Waals surface area contributed by atoms with Crippen molar-refractivity contribution in [1.29, 1.82) is 0 Å². The van der Waals surface area contributed by atoms with Crippen LogP contribution < -0.4 is 5.32 Å². The van der Waals surface area contributed by atoms with Gasteiger partial charge in [-0.3, -0.25) is 9.89 Å². The molecule has 1 unspecified atom stereocenters. The van der Waals surface area contributed by atoms with Gasteiger partial charge in [-0.2, -0.15) is 0 Å². The summed E-state index contributed by atoms with van der Waals surface area (Å²) in [7, 11) is 0. The van der Waals surface area contributed by atoms with Gasteiger partial charge in [0.05, 0.1) is 30.6 Å². The molecular formula is C21H32N6O. The highest BCUT2D eigenvalue weighted by molar-refractivity contribution is 5.80. The fraction of sp³-hybridized carbons (Fsp3) is 0.619. The number of imidazole rings is 1. The number of likely N-dealkylation sites (tertiary alicyclic amines) is 1. The highest BCUT2D eigenvalue weighted by Gasteiger charge is 2.30. The maximum atomic E-state index is 5.50. The minimum Gasteiger partial charge on any atom is -0.379 e. The third-order valence-corrected chi connectivity index (χ3v) is 5.71. The summed E-state index contributed by atoms with van der Waals surface area (Å²) < 4.78 is 7.72. The van der Waals surface area contributed by atoms with Gasteiger partial charge in [-0.05, 0) is 31.9 Å². The van der Waals surface area contributed by atoms with Crippen molar-refractivity contribution in [1.82, 2.24) is 24.7 Å². The third kappa shape index (κ3) is 4.47. The van der Waals surface area contributed by atoms with Crippen LogP contribution in [0.2, 0.25) is 0 Å². The predicted octanol–water partition coefficient (Wildman–Crippen LogP) is 1.80. The van der Waals surface area contributed by atoms with E-state index in [1.807, 2.05) is 12.4 Å². The molecule has 1 atom stereocenters.